The first-order valence-electron chi connectivity index (χ1n) is 4.04. The van der Waals surface area contributed by atoms with Crippen LogP contribution in [0.2, 0.25) is 0 Å². The highest BCUT2D eigenvalue weighted by molar-refractivity contribution is 5.25. The topological polar surface area (TPSA) is 38.9 Å². The molecule has 0 saturated heterocycles. The molecular formula is C9H11FN2. The van der Waals surface area contributed by atoms with Crippen molar-refractivity contribution in [2.45, 2.75) is 25.3 Å². The molecule has 0 unspecified atom stereocenters. The van der Waals surface area contributed by atoms with E-state index in [1.165, 1.54) is 6.07 Å². The Morgan fingerprint density at radius 1 is 1.50 bits per heavy atom. The van der Waals surface area contributed by atoms with Gasteiger partial charge in [0.2, 0.25) is 0 Å². The molecule has 1 heterocycles. The van der Waals surface area contributed by atoms with Gasteiger partial charge in [0.05, 0.1) is 11.2 Å². The molecule has 0 amide bonds. The zero-order valence-electron chi connectivity index (χ0n) is 6.97. The molecule has 0 radical (unpaired) electrons. The quantitative estimate of drug-likeness (QED) is 0.686. The highest BCUT2D eigenvalue weighted by atomic mass is 19.1. The number of pyridine rings is 1. The first-order valence-corrected chi connectivity index (χ1v) is 4.04. The van der Waals surface area contributed by atoms with E-state index in [1.54, 1.807) is 6.07 Å². The number of rotatable bonds is 1. The van der Waals surface area contributed by atoms with Gasteiger partial charge < -0.3 is 5.73 Å². The van der Waals surface area contributed by atoms with Crippen LogP contribution in [0, 0.1) is 12.7 Å². The molecule has 64 valence electrons. The molecule has 0 bridgehead atoms. The van der Waals surface area contributed by atoms with Crippen molar-refractivity contribution in [3.8, 4) is 0 Å². The molecule has 0 aliphatic heterocycles. The van der Waals surface area contributed by atoms with E-state index in [1.807, 2.05) is 6.92 Å². The molecule has 1 saturated carbocycles. The number of nitrogens with two attached hydrogens (primary N) is 1. The van der Waals surface area contributed by atoms with Gasteiger partial charge in [0.25, 0.3) is 0 Å². The average molecular weight is 166 g/mol. The summed E-state index contributed by atoms with van der Waals surface area (Å²) < 4.78 is 13.2. The maximum atomic E-state index is 13.2. The van der Waals surface area contributed by atoms with E-state index in [4.69, 9.17) is 5.73 Å². The maximum Gasteiger partial charge on any atom is 0.146 e. The Morgan fingerprint density at radius 3 is 2.75 bits per heavy atom. The van der Waals surface area contributed by atoms with Gasteiger partial charge in [0.15, 0.2) is 0 Å². The number of hydrogen-bond acceptors (Lipinski definition) is 2. The van der Waals surface area contributed by atoms with Gasteiger partial charge in [-0.3, -0.25) is 4.98 Å². The van der Waals surface area contributed by atoms with Crippen molar-refractivity contribution in [3.05, 3.63) is 29.3 Å². The fraction of sp³-hybridized carbons (Fsp3) is 0.444. The number of halogens is 1. The van der Waals surface area contributed by atoms with Crippen LogP contribution in [0.1, 0.15) is 24.2 Å². The van der Waals surface area contributed by atoms with Crippen LogP contribution >= 0.6 is 0 Å². The molecule has 1 aromatic heterocycles. The second kappa shape index (κ2) is 2.26. The SMILES string of the molecule is Cc1ccc(F)c(C2(N)CC2)n1. The third-order valence-electron chi connectivity index (χ3n) is 2.25. The maximum absolute atomic E-state index is 13.2. The molecule has 2 nitrogen and oxygen atoms in total. The van der Waals surface area contributed by atoms with Crippen LogP contribution in [0.15, 0.2) is 12.1 Å². The molecule has 0 atom stereocenters. The standard InChI is InChI=1S/C9H11FN2/c1-6-2-3-7(10)8(12-6)9(11)4-5-9/h2-3H,4-5,11H2,1H3. The Morgan fingerprint density at radius 2 is 2.17 bits per heavy atom. The molecule has 1 aliphatic rings. The third-order valence-corrected chi connectivity index (χ3v) is 2.25. The predicted molar refractivity (Wildman–Crippen MR) is 44.0 cm³/mol. The van der Waals surface area contributed by atoms with Crippen LogP contribution in [0.3, 0.4) is 0 Å². The van der Waals surface area contributed by atoms with Crippen molar-refractivity contribution >= 4 is 0 Å². The van der Waals surface area contributed by atoms with Gasteiger partial charge in [-0.25, -0.2) is 4.39 Å². The molecule has 1 aromatic rings. The molecule has 2 N–H and O–H groups in total. The van der Waals surface area contributed by atoms with Gasteiger partial charge in [0, 0.05) is 5.69 Å². The Kier molecular flexibility index (Phi) is 1.45. The molecule has 3 heteroatoms. The largest absolute Gasteiger partial charge is 0.320 e. The smallest absolute Gasteiger partial charge is 0.146 e. The molecule has 0 spiro atoms. The van der Waals surface area contributed by atoms with Crippen LogP contribution in [0.25, 0.3) is 0 Å². The Bertz CT molecular complexity index is 318. The van der Waals surface area contributed by atoms with Gasteiger partial charge in [-0.05, 0) is 31.9 Å². The van der Waals surface area contributed by atoms with Crippen LogP contribution in [0.5, 0.6) is 0 Å². The van der Waals surface area contributed by atoms with E-state index in [-0.39, 0.29) is 5.82 Å². The van der Waals surface area contributed by atoms with Gasteiger partial charge in [-0.1, -0.05) is 0 Å². The van der Waals surface area contributed by atoms with Gasteiger partial charge in [-0.15, -0.1) is 0 Å². The molecule has 2 rings (SSSR count). The van der Waals surface area contributed by atoms with Crippen molar-refractivity contribution in [1.82, 2.24) is 4.98 Å². The third kappa shape index (κ3) is 1.10. The monoisotopic (exact) mass is 166 g/mol. The minimum Gasteiger partial charge on any atom is -0.320 e. The zero-order chi connectivity index (χ0) is 8.77. The lowest BCUT2D eigenvalue weighted by molar-refractivity contribution is 0.558. The first-order chi connectivity index (χ1) is 5.62. The van der Waals surface area contributed by atoms with Crippen LogP contribution < -0.4 is 5.73 Å². The van der Waals surface area contributed by atoms with Crippen molar-refractivity contribution in [3.63, 3.8) is 0 Å². The minimum absolute atomic E-state index is 0.277. The summed E-state index contributed by atoms with van der Waals surface area (Å²) in [6.45, 7) is 1.84. The lowest BCUT2D eigenvalue weighted by atomic mass is 10.1. The number of aryl methyl sites for hydroxylation is 1. The second-order valence-electron chi connectivity index (χ2n) is 3.44. The summed E-state index contributed by atoms with van der Waals surface area (Å²) in [5.74, 6) is -0.277. The summed E-state index contributed by atoms with van der Waals surface area (Å²) in [6, 6.07) is 3.09. The van der Waals surface area contributed by atoms with Crippen molar-refractivity contribution in [2.75, 3.05) is 0 Å². The summed E-state index contributed by atoms with van der Waals surface area (Å²) in [6.07, 6.45) is 1.70. The zero-order valence-corrected chi connectivity index (χ0v) is 6.97. The highest BCUT2D eigenvalue weighted by Gasteiger charge is 2.43. The second-order valence-corrected chi connectivity index (χ2v) is 3.44. The highest BCUT2D eigenvalue weighted by Crippen LogP contribution is 2.42. The number of aromatic nitrogens is 1. The van der Waals surface area contributed by atoms with Crippen LogP contribution in [0.4, 0.5) is 4.39 Å². The summed E-state index contributed by atoms with van der Waals surface area (Å²) in [5, 5.41) is 0. The lowest BCUT2D eigenvalue weighted by Crippen LogP contribution is -2.22. The fourth-order valence-electron chi connectivity index (χ4n) is 1.26. The molecule has 0 aromatic carbocycles. The summed E-state index contributed by atoms with van der Waals surface area (Å²) in [7, 11) is 0. The summed E-state index contributed by atoms with van der Waals surface area (Å²) in [4.78, 5) is 4.11. The Hall–Kier alpha value is -0.960. The molecule has 1 aliphatic carbocycles. The molecular weight excluding hydrogens is 155 g/mol. The Labute approximate surface area is 70.6 Å². The van der Waals surface area contributed by atoms with Crippen molar-refractivity contribution in [1.29, 1.82) is 0 Å². The fourth-order valence-corrected chi connectivity index (χ4v) is 1.26. The van der Waals surface area contributed by atoms with Gasteiger partial charge >= 0.3 is 0 Å². The number of hydrogen-bond donors (Lipinski definition) is 1. The minimum atomic E-state index is -0.462. The van der Waals surface area contributed by atoms with Gasteiger partial charge in [0.1, 0.15) is 5.82 Å². The van der Waals surface area contributed by atoms with E-state index in [0.717, 1.165) is 18.5 Å². The average Bonchev–Trinajstić information content (AvgIpc) is 2.75. The van der Waals surface area contributed by atoms with Crippen molar-refractivity contribution in [2.24, 2.45) is 5.73 Å². The van der Waals surface area contributed by atoms with Crippen molar-refractivity contribution < 1.29 is 4.39 Å². The predicted octanol–water partition coefficient (Wildman–Crippen LogP) is 1.48. The molecule has 1 fully saturated rings. The van der Waals surface area contributed by atoms with Crippen LogP contribution in [-0.2, 0) is 5.54 Å². The van der Waals surface area contributed by atoms with Crippen LogP contribution in [-0.4, -0.2) is 4.98 Å². The van der Waals surface area contributed by atoms with E-state index in [2.05, 4.69) is 4.98 Å². The van der Waals surface area contributed by atoms with E-state index >= 15 is 0 Å². The van der Waals surface area contributed by atoms with Gasteiger partial charge in [-0.2, -0.15) is 0 Å². The number of nitrogens with zero attached hydrogens (tertiary/aromatic N) is 1. The van der Waals surface area contributed by atoms with E-state index in [0.29, 0.717) is 5.69 Å². The van der Waals surface area contributed by atoms with E-state index in [9.17, 15) is 4.39 Å². The summed E-state index contributed by atoms with van der Waals surface area (Å²) >= 11 is 0. The Balaban J connectivity index is 2.48. The first kappa shape index (κ1) is 7.68. The normalized spacial score (nSPS) is 19.2. The molecule has 12 heavy (non-hydrogen) atoms. The lowest BCUT2D eigenvalue weighted by Gasteiger charge is -2.09. The summed E-state index contributed by atoms with van der Waals surface area (Å²) in [5.41, 5.74) is 6.63. The van der Waals surface area contributed by atoms with E-state index < -0.39 is 5.54 Å².